The first-order chi connectivity index (χ1) is 7.81. The number of nitrogens with zero attached hydrogens (tertiary/aromatic N) is 1. The predicted octanol–water partition coefficient (Wildman–Crippen LogP) is 2.55. The molecule has 2 aromatic rings. The summed E-state index contributed by atoms with van der Waals surface area (Å²) >= 11 is 3.06. The summed E-state index contributed by atoms with van der Waals surface area (Å²) < 4.78 is 0. The zero-order valence-electron chi connectivity index (χ0n) is 8.60. The number of aromatic nitrogens is 1. The number of carbonyl (C=O) groups excluding carboxylic acids is 1. The maximum atomic E-state index is 11.5. The fourth-order valence-corrected chi connectivity index (χ4v) is 2.60. The minimum Gasteiger partial charge on any atom is -0.274 e. The first-order valence-corrected chi connectivity index (χ1v) is 6.53. The highest BCUT2D eigenvalue weighted by Crippen LogP contribution is 2.25. The molecule has 0 spiro atoms. The number of thiazole rings is 1. The Bertz CT molecular complexity index is 465. The van der Waals surface area contributed by atoms with Gasteiger partial charge in [-0.1, -0.05) is 0 Å². The van der Waals surface area contributed by atoms with Crippen molar-refractivity contribution in [2.24, 2.45) is 0 Å². The van der Waals surface area contributed by atoms with Crippen LogP contribution in [0, 0.1) is 0 Å². The Kier molecular flexibility index (Phi) is 3.66. The molecule has 0 aliphatic rings. The van der Waals surface area contributed by atoms with Crippen molar-refractivity contribution in [3.63, 3.8) is 0 Å². The van der Waals surface area contributed by atoms with Crippen molar-refractivity contribution < 1.29 is 9.63 Å². The summed E-state index contributed by atoms with van der Waals surface area (Å²) in [6.07, 6.45) is 0. The first kappa shape index (κ1) is 11.3. The number of hydrogen-bond donors (Lipinski definition) is 1. The highest BCUT2D eigenvalue weighted by atomic mass is 32.1. The molecule has 0 fully saturated rings. The summed E-state index contributed by atoms with van der Waals surface area (Å²) in [4.78, 5) is 20.6. The van der Waals surface area contributed by atoms with E-state index in [2.05, 4.69) is 10.5 Å². The third kappa shape index (κ3) is 2.46. The highest BCUT2D eigenvalue weighted by molar-refractivity contribution is 7.14. The molecule has 0 saturated heterocycles. The van der Waals surface area contributed by atoms with Crippen LogP contribution < -0.4 is 5.48 Å². The second-order valence-corrected chi connectivity index (χ2v) is 4.55. The van der Waals surface area contributed by atoms with Gasteiger partial charge in [0, 0.05) is 16.3 Å². The topological polar surface area (TPSA) is 51.2 Å². The number of nitrogens with one attached hydrogen (secondary N) is 1. The van der Waals surface area contributed by atoms with Crippen LogP contribution in [0.4, 0.5) is 0 Å². The molecule has 0 aliphatic carbocycles. The van der Waals surface area contributed by atoms with Gasteiger partial charge >= 0.3 is 0 Å². The number of rotatable bonds is 4. The lowest BCUT2D eigenvalue weighted by Crippen LogP contribution is -2.23. The van der Waals surface area contributed by atoms with Crippen LogP contribution in [0.15, 0.2) is 22.2 Å². The average molecular weight is 254 g/mol. The molecule has 1 amide bonds. The van der Waals surface area contributed by atoms with E-state index in [4.69, 9.17) is 4.84 Å². The molecule has 0 bridgehead atoms. The quantitative estimate of drug-likeness (QED) is 0.853. The third-order valence-electron chi connectivity index (χ3n) is 1.81. The molecule has 2 aromatic heterocycles. The van der Waals surface area contributed by atoms with Crippen LogP contribution in [0.1, 0.15) is 17.4 Å². The van der Waals surface area contributed by atoms with Crippen LogP contribution in [0.5, 0.6) is 0 Å². The SMILES string of the molecule is CCONC(=O)c1csc(-c2ccsc2)n1. The summed E-state index contributed by atoms with van der Waals surface area (Å²) in [7, 11) is 0. The molecule has 4 nitrogen and oxygen atoms in total. The van der Waals surface area contributed by atoms with E-state index >= 15 is 0 Å². The third-order valence-corrected chi connectivity index (χ3v) is 3.39. The predicted molar refractivity (Wildman–Crippen MR) is 64.5 cm³/mol. The van der Waals surface area contributed by atoms with E-state index in [1.807, 2.05) is 16.8 Å². The number of thiophene rings is 1. The van der Waals surface area contributed by atoms with Gasteiger partial charge in [0.1, 0.15) is 10.7 Å². The second kappa shape index (κ2) is 5.20. The first-order valence-electron chi connectivity index (χ1n) is 4.71. The minimum absolute atomic E-state index is 0.306. The van der Waals surface area contributed by atoms with Crippen molar-refractivity contribution in [2.75, 3.05) is 6.61 Å². The van der Waals surface area contributed by atoms with Crippen LogP contribution in [0.3, 0.4) is 0 Å². The molecule has 1 N–H and O–H groups in total. The molecule has 6 heteroatoms. The van der Waals surface area contributed by atoms with E-state index in [0.29, 0.717) is 12.3 Å². The van der Waals surface area contributed by atoms with Crippen LogP contribution in [0.2, 0.25) is 0 Å². The molecule has 0 atom stereocenters. The van der Waals surface area contributed by atoms with Gasteiger partial charge in [0.2, 0.25) is 0 Å². The lowest BCUT2D eigenvalue weighted by Gasteiger charge is -1.99. The van der Waals surface area contributed by atoms with E-state index < -0.39 is 0 Å². The molecule has 0 aromatic carbocycles. The van der Waals surface area contributed by atoms with Crippen molar-refractivity contribution >= 4 is 28.6 Å². The van der Waals surface area contributed by atoms with Gasteiger partial charge in [0.05, 0.1) is 6.61 Å². The Morgan fingerprint density at radius 2 is 2.44 bits per heavy atom. The smallest absolute Gasteiger partial charge is 0.274 e. The maximum Gasteiger partial charge on any atom is 0.294 e. The molecule has 0 unspecified atom stereocenters. The van der Waals surface area contributed by atoms with Gasteiger partial charge in [-0.2, -0.15) is 11.3 Å². The normalized spacial score (nSPS) is 10.3. The van der Waals surface area contributed by atoms with Gasteiger partial charge in [-0.05, 0) is 18.4 Å². The lowest BCUT2D eigenvalue weighted by atomic mass is 10.3. The molecule has 16 heavy (non-hydrogen) atoms. The summed E-state index contributed by atoms with van der Waals surface area (Å²) in [5.74, 6) is -0.306. The lowest BCUT2D eigenvalue weighted by molar-refractivity contribution is 0.0360. The Balaban J connectivity index is 2.11. The molecular formula is C10H10N2O2S2. The Morgan fingerprint density at radius 3 is 3.12 bits per heavy atom. The van der Waals surface area contributed by atoms with E-state index in [1.165, 1.54) is 11.3 Å². The van der Waals surface area contributed by atoms with Gasteiger partial charge in [-0.25, -0.2) is 10.5 Å². The molecule has 2 heterocycles. The van der Waals surface area contributed by atoms with Crippen molar-refractivity contribution in [1.29, 1.82) is 0 Å². The molecule has 0 radical (unpaired) electrons. The van der Waals surface area contributed by atoms with Crippen molar-refractivity contribution in [1.82, 2.24) is 10.5 Å². The highest BCUT2D eigenvalue weighted by Gasteiger charge is 2.11. The van der Waals surface area contributed by atoms with Crippen LogP contribution in [-0.4, -0.2) is 17.5 Å². The van der Waals surface area contributed by atoms with E-state index in [0.717, 1.165) is 10.6 Å². The van der Waals surface area contributed by atoms with Crippen molar-refractivity contribution in [3.8, 4) is 10.6 Å². The zero-order chi connectivity index (χ0) is 11.4. The average Bonchev–Trinajstić information content (AvgIpc) is 2.94. The molecule has 2 rings (SSSR count). The van der Waals surface area contributed by atoms with Gasteiger partial charge in [-0.15, -0.1) is 11.3 Å². The standard InChI is InChI=1S/C10H10N2O2S2/c1-2-14-12-9(13)8-6-16-10(11-8)7-3-4-15-5-7/h3-6H,2H2,1H3,(H,12,13). The Morgan fingerprint density at radius 1 is 1.56 bits per heavy atom. The molecule has 84 valence electrons. The largest absolute Gasteiger partial charge is 0.294 e. The Labute approximate surface area is 101 Å². The van der Waals surface area contributed by atoms with E-state index in [9.17, 15) is 4.79 Å². The number of amides is 1. The summed E-state index contributed by atoms with van der Waals surface area (Å²) in [6.45, 7) is 2.24. The van der Waals surface area contributed by atoms with Crippen LogP contribution in [-0.2, 0) is 4.84 Å². The fourth-order valence-electron chi connectivity index (χ4n) is 1.09. The van der Waals surface area contributed by atoms with Gasteiger partial charge < -0.3 is 0 Å². The number of hydrogen-bond acceptors (Lipinski definition) is 5. The van der Waals surface area contributed by atoms with Crippen LogP contribution in [0.25, 0.3) is 10.6 Å². The van der Waals surface area contributed by atoms with Crippen molar-refractivity contribution in [2.45, 2.75) is 6.92 Å². The van der Waals surface area contributed by atoms with Gasteiger partial charge in [0.15, 0.2) is 0 Å². The van der Waals surface area contributed by atoms with E-state index in [1.54, 1.807) is 23.6 Å². The summed E-state index contributed by atoms with van der Waals surface area (Å²) in [6, 6.07) is 1.98. The van der Waals surface area contributed by atoms with Gasteiger partial charge in [0.25, 0.3) is 5.91 Å². The number of carbonyl (C=O) groups is 1. The fraction of sp³-hybridized carbons (Fsp3) is 0.200. The summed E-state index contributed by atoms with van der Waals surface area (Å²) in [5, 5.41) is 6.56. The zero-order valence-corrected chi connectivity index (χ0v) is 10.2. The number of hydroxylamine groups is 1. The van der Waals surface area contributed by atoms with Gasteiger partial charge in [-0.3, -0.25) is 9.63 Å². The van der Waals surface area contributed by atoms with Crippen molar-refractivity contribution in [3.05, 3.63) is 27.9 Å². The van der Waals surface area contributed by atoms with E-state index in [-0.39, 0.29) is 5.91 Å². The minimum atomic E-state index is -0.306. The monoisotopic (exact) mass is 254 g/mol. The molecule has 0 saturated carbocycles. The second-order valence-electron chi connectivity index (χ2n) is 2.91. The van der Waals surface area contributed by atoms with Crippen LogP contribution >= 0.6 is 22.7 Å². The molecular weight excluding hydrogens is 244 g/mol. The Hall–Kier alpha value is -1.24. The summed E-state index contributed by atoms with van der Waals surface area (Å²) in [5.41, 5.74) is 3.75. The maximum absolute atomic E-state index is 11.5. The molecule has 0 aliphatic heterocycles.